The number of halogens is 3. The summed E-state index contributed by atoms with van der Waals surface area (Å²) in [5, 5.41) is 8.59. The average Bonchev–Trinajstić information content (AvgIpc) is 2.24. The Kier molecular flexibility index (Phi) is 4.38. The zero-order chi connectivity index (χ0) is 13.9. The molecule has 0 heterocycles. The van der Waals surface area contributed by atoms with Gasteiger partial charge in [0.1, 0.15) is 0 Å². The molecule has 1 rings (SSSR count). The number of carbonyl (C=O) groups is 1. The molecule has 100 valence electrons. The van der Waals surface area contributed by atoms with E-state index in [1.54, 1.807) is 24.3 Å². The fraction of sp³-hybridized carbons (Fsp3) is 0.462. The molecule has 0 aliphatic carbocycles. The maximum absolute atomic E-state index is 12.5. The fourth-order valence-corrected chi connectivity index (χ4v) is 1.62. The van der Waals surface area contributed by atoms with Gasteiger partial charge in [-0.15, -0.1) is 0 Å². The van der Waals surface area contributed by atoms with Gasteiger partial charge in [-0.25, -0.2) is 0 Å². The first-order valence-corrected chi connectivity index (χ1v) is 5.60. The predicted octanol–water partition coefficient (Wildman–Crippen LogP) is 3.62. The van der Waals surface area contributed by atoms with Crippen molar-refractivity contribution in [3.05, 3.63) is 35.4 Å². The third kappa shape index (κ3) is 3.75. The van der Waals surface area contributed by atoms with Crippen LogP contribution in [-0.4, -0.2) is 17.3 Å². The van der Waals surface area contributed by atoms with E-state index in [-0.39, 0.29) is 5.92 Å². The van der Waals surface area contributed by atoms with Gasteiger partial charge in [0.25, 0.3) is 0 Å². The average molecular weight is 260 g/mol. The van der Waals surface area contributed by atoms with Crippen LogP contribution >= 0.6 is 0 Å². The van der Waals surface area contributed by atoms with Crippen molar-refractivity contribution in [2.24, 2.45) is 5.92 Å². The summed E-state index contributed by atoms with van der Waals surface area (Å²) in [4.78, 5) is 10.6. The van der Waals surface area contributed by atoms with E-state index >= 15 is 0 Å². The third-order valence-electron chi connectivity index (χ3n) is 2.78. The molecular formula is C13H15F3O2. The molecule has 0 bridgehead atoms. The highest BCUT2D eigenvalue weighted by molar-refractivity contribution is 5.71. The van der Waals surface area contributed by atoms with E-state index < -0.39 is 24.5 Å². The third-order valence-corrected chi connectivity index (χ3v) is 2.78. The summed E-state index contributed by atoms with van der Waals surface area (Å²) in [5.41, 5.74) is 1.39. The SMILES string of the molecule is CC(C)c1ccc(CC(C(=O)O)C(F)(F)F)cc1. The maximum atomic E-state index is 12.5. The van der Waals surface area contributed by atoms with Crippen molar-refractivity contribution in [2.45, 2.75) is 32.4 Å². The molecule has 0 aliphatic heterocycles. The van der Waals surface area contributed by atoms with Crippen molar-refractivity contribution in [3.63, 3.8) is 0 Å². The van der Waals surface area contributed by atoms with Gasteiger partial charge in [0.2, 0.25) is 0 Å². The van der Waals surface area contributed by atoms with Crippen molar-refractivity contribution in [3.8, 4) is 0 Å². The number of aliphatic carboxylic acids is 1. The van der Waals surface area contributed by atoms with E-state index in [2.05, 4.69) is 0 Å². The van der Waals surface area contributed by atoms with Crippen molar-refractivity contribution >= 4 is 5.97 Å². The molecule has 0 radical (unpaired) electrons. The zero-order valence-corrected chi connectivity index (χ0v) is 10.2. The Morgan fingerprint density at radius 2 is 1.72 bits per heavy atom. The van der Waals surface area contributed by atoms with Crippen LogP contribution in [0, 0.1) is 5.92 Å². The van der Waals surface area contributed by atoms with Crippen LogP contribution in [0.2, 0.25) is 0 Å². The summed E-state index contributed by atoms with van der Waals surface area (Å²) >= 11 is 0. The Morgan fingerprint density at radius 3 is 2.06 bits per heavy atom. The molecule has 18 heavy (non-hydrogen) atoms. The number of hydrogen-bond donors (Lipinski definition) is 1. The van der Waals surface area contributed by atoms with Crippen molar-refractivity contribution in [2.75, 3.05) is 0 Å². The van der Waals surface area contributed by atoms with Crippen LogP contribution in [0.1, 0.15) is 30.9 Å². The minimum Gasteiger partial charge on any atom is -0.481 e. The van der Waals surface area contributed by atoms with E-state index in [4.69, 9.17) is 5.11 Å². The Morgan fingerprint density at radius 1 is 1.22 bits per heavy atom. The molecule has 0 saturated carbocycles. The van der Waals surface area contributed by atoms with Crippen LogP contribution < -0.4 is 0 Å². The lowest BCUT2D eigenvalue weighted by Gasteiger charge is -2.16. The molecule has 0 amide bonds. The topological polar surface area (TPSA) is 37.3 Å². The monoisotopic (exact) mass is 260 g/mol. The molecule has 1 unspecified atom stereocenters. The highest BCUT2D eigenvalue weighted by Crippen LogP contribution is 2.29. The number of hydrogen-bond acceptors (Lipinski definition) is 1. The Hall–Kier alpha value is -1.52. The van der Waals surface area contributed by atoms with Gasteiger partial charge in [0.05, 0.1) is 0 Å². The Balaban J connectivity index is 2.85. The lowest BCUT2D eigenvalue weighted by Crippen LogP contribution is -2.32. The van der Waals surface area contributed by atoms with Gasteiger partial charge in [0.15, 0.2) is 5.92 Å². The quantitative estimate of drug-likeness (QED) is 0.897. The minimum absolute atomic E-state index is 0.289. The van der Waals surface area contributed by atoms with Gasteiger partial charge >= 0.3 is 12.1 Å². The van der Waals surface area contributed by atoms with E-state index in [9.17, 15) is 18.0 Å². The summed E-state index contributed by atoms with van der Waals surface area (Å²) in [6.45, 7) is 3.95. The molecule has 0 spiro atoms. The van der Waals surface area contributed by atoms with Crippen LogP contribution in [-0.2, 0) is 11.2 Å². The van der Waals surface area contributed by atoms with Crippen molar-refractivity contribution in [1.82, 2.24) is 0 Å². The molecule has 0 aliphatic rings. The first-order chi connectivity index (χ1) is 8.21. The first kappa shape index (κ1) is 14.5. The lowest BCUT2D eigenvalue weighted by atomic mass is 9.96. The molecule has 1 N–H and O–H groups in total. The number of carboxylic acid groups (broad SMARTS) is 1. The molecular weight excluding hydrogens is 245 g/mol. The Labute approximate surface area is 103 Å². The van der Waals surface area contributed by atoms with Crippen LogP contribution in [0.25, 0.3) is 0 Å². The molecule has 0 fully saturated rings. The highest BCUT2D eigenvalue weighted by atomic mass is 19.4. The van der Waals surface area contributed by atoms with Gasteiger partial charge in [-0.1, -0.05) is 38.1 Å². The van der Waals surface area contributed by atoms with E-state index in [0.29, 0.717) is 5.56 Å². The van der Waals surface area contributed by atoms with E-state index in [1.165, 1.54) is 0 Å². The maximum Gasteiger partial charge on any atom is 0.402 e. The fourth-order valence-electron chi connectivity index (χ4n) is 1.62. The standard InChI is InChI=1S/C13H15F3O2/c1-8(2)10-5-3-9(4-6-10)7-11(12(17)18)13(14,15)16/h3-6,8,11H,7H2,1-2H3,(H,17,18). The largest absolute Gasteiger partial charge is 0.481 e. The van der Waals surface area contributed by atoms with Crippen molar-refractivity contribution < 1.29 is 23.1 Å². The number of alkyl halides is 3. The second kappa shape index (κ2) is 5.42. The highest BCUT2D eigenvalue weighted by Gasteiger charge is 2.44. The molecule has 0 saturated heterocycles. The van der Waals surface area contributed by atoms with Crippen molar-refractivity contribution in [1.29, 1.82) is 0 Å². The summed E-state index contributed by atoms with van der Waals surface area (Å²) in [5.74, 6) is -3.89. The number of carboxylic acids is 1. The number of benzene rings is 1. The van der Waals surface area contributed by atoms with E-state index in [0.717, 1.165) is 5.56 Å². The lowest BCUT2D eigenvalue weighted by molar-refractivity contribution is -0.193. The Bertz CT molecular complexity index is 407. The predicted molar refractivity (Wildman–Crippen MR) is 61.4 cm³/mol. The van der Waals surface area contributed by atoms with Gasteiger partial charge in [-0.3, -0.25) is 4.79 Å². The zero-order valence-electron chi connectivity index (χ0n) is 10.2. The van der Waals surface area contributed by atoms with Gasteiger partial charge in [-0.2, -0.15) is 13.2 Å². The molecule has 0 aromatic heterocycles. The van der Waals surface area contributed by atoms with Crippen LogP contribution in [0.5, 0.6) is 0 Å². The summed E-state index contributed by atoms with van der Waals surface area (Å²) < 4.78 is 37.4. The van der Waals surface area contributed by atoms with Gasteiger partial charge in [-0.05, 0) is 23.5 Å². The summed E-state index contributed by atoms with van der Waals surface area (Å²) in [6.07, 6.45) is -5.25. The molecule has 5 heteroatoms. The molecule has 1 aromatic rings. The molecule has 1 atom stereocenters. The van der Waals surface area contributed by atoms with Gasteiger partial charge < -0.3 is 5.11 Å². The minimum atomic E-state index is -4.72. The second-order valence-electron chi connectivity index (χ2n) is 4.53. The van der Waals surface area contributed by atoms with Crippen LogP contribution in [0.15, 0.2) is 24.3 Å². The normalized spacial score (nSPS) is 13.7. The van der Waals surface area contributed by atoms with Crippen LogP contribution in [0.3, 0.4) is 0 Å². The smallest absolute Gasteiger partial charge is 0.402 e. The second-order valence-corrected chi connectivity index (χ2v) is 4.53. The van der Waals surface area contributed by atoms with Gasteiger partial charge in [0, 0.05) is 0 Å². The molecule has 2 nitrogen and oxygen atoms in total. The summed E-state index contributed by atoms with van der Waals surface area (Å²) in [6, 6.07) is 6.57. The van der Waals surface area contributed by atoms with Crippen LogP contribution in [0.4, 0.5) is 13.2 Å². The molecule has 1 aromatic carbocycles. The first-order valence-electron chi connectivity index (χ1n) is 5.60. The van der Waals surface area contributed by atoms with E-state index in [1.807, 2.05) is 13.8 Å². The summed E-state index contributed by atoms with van der Waals surface area (Å²) in [7, 11) is 0. The number of rotatable bonds is 4.